The second-order valence-electron chi connectivity index (χ2n) is 5.36. The zero-order valence-corrected chi connectivity index (χ0v) is 12.7. The lowest BCUT2D eigenvalue weighted by atomic mass is 9.94. The van der Waals surface area contributed by atoms with Crippen LogP contribution in [0.25, 0.3) is 11.6 Å². The van der Waals surface area contributed by atoms with Crippen molar-refractivity contribution in [3.8, 4) is 5.75 Å². The zero-order valence-electron chi connectivity index (χ0n) is 12.7. The Bertz CT molecular complexity index is 702. The lowest BCUT2D eigenvalue weighted by Gasteiger charge is -2.17. The van der Waals surface area contributed by atoms with Crippen LogP contribution in [0.4, 0.5) is 0 Å². The van der Waals surface area contributed by atoms with E-state index in [0.717, 1.165) is 24.0 Å². The summed E-state index contributed by atoms with van der Waals surface area (Å²) in [6.45, 7) is 5.75. The van der Waals surface area contributed by atoms with Gasteiger partial charge in [0.2, 0.25) is 5.43 Å². The van der Waals surface area contributed by atoms with Gasteiger partial charge in [0.1, 0.15) is 0 Å². The average Bonchev–Trinajstić information content (AvgIpc) is 2.47. The van der Waals surface area contributed by atoms with Crippen LogP contribution >= 0.6 is 0 Å². The highest BCUT2D eigenvalue weighted by Crippen LogP contribution is 2.28. The number of hydrogen-bond acceptors (Lipinski definition) is 3. The van der Waals surface area contributed by atoms with Gasteiger partial charge in [-0.05, 0) is 31.4 Å². The monoisotopic (exact) mass is 284 g/mol. The topological polar surface area (TPSA) is 43.4 Å². The molecule has 0 aliphatic heterocycles. The number of hydrogen-bond donors (Lipinski definition) is 0. The van der Waals surface area contributed by atoms with Gasteiger partial charge in [0, 0.05) is 0 Å². The number of allylic oxidation sites excluding steroid dienone is 1. The molecule has 3 heteroatoms. The zero-order chi connectivity index (χ0) is 15.4. The molecule has 0 amide bonds. The summed E-state index contributed by atoms with van der Waals surface area (Å²) in [6, 6.07) is 9.79. The van der Waals surface area contributed by atoms with Gasteiger partial charge in [0.05, 0.1) is 11.7 Å². The maximum absolute atomic E-state index is 11.9. The van der Waals surface area contributed by atoms with Crippen LogP contribution in [-0.4, -0.2) is 6.10 Å². The van der Waals surface area contributed by atoms with E-state index in [0.29, 0.717) is 5.56 Å². The van der Waals surface area contributed by atoms with E-state index in [1.54, 1.807) is 0 Å². The van der Waals surface area contributed by atoms with E-state index in [9.17, 15) is 9.59 Å². The van der Waals surface area contributed by atoms with Crippen molar-refractivity contribution >= 4 is 11.6 Å². The minimum Gasteiger partial charge on any atom is -0.486 e. The van der Waals surface area contributed by atoms with E-state index in [-0.39, 0.29) is 11.9 Å². The van der Waals surface area contributed by atoms with Gasteiger partial charge in [-0.1, -0.05) is 49.8 Å². The molecule has 0 aliphatic rings. The maximum atomic E-state index is 11.9. The second kappa shape index (κ2) is 6.53. The van der Waals surface area contributed by atoms with E-state index in [2.05, 4.69) is 0 Å². The van der Waals surface area contributed by atoms with Crippen LogP contribution in [0.3, 0.4) is 0 Å². The molecule has 0 heterocycles. The van der Waals surface area contributed by atoms with Crippen LogP contribution in [-0.2, 0) is 0 Å². The molecule has 0 aliphatic carbocycles. The fourth-order valence-electron chi connectivity index (χ4n) is 2.30. The van der Waals surface area contributed by atoms with E-state index in [4.69, 9.17) is 4.74 Å². The molecule has 0 unspecified atom stereocenters. The third-order valence-electron chi connectivity index (χ3n) is 3.20. The van der Waals surface area contributed by atoms with Crippen molar-refractivity contribution in [2.75, 3.05) is 0 Å². The van der Waals surface area contributed by atoms with Crippen LogP contribution in [0, 0.1) is 0 Å². The van der Waals surface area contributed by atoms with E-state index in [1.165, 1.54) is 0 Å². The molecule has 2 aromatic carbocycles. The molecule has 0 radical (unpaired) electrons. The predicted molar refractivity (Wildman–Crippen MR) is 86.3 cm³/mol. The Balaban J connectivity index is 2.45. The first-order valence-corrected chi connectivity index (χ1v) is 7.30. The molecule has 0 bridgehead atoms. The molecule has 0 spiro atoms. The summed E-state index contributed by atoms with van der Waals surface area (Å²) in [4.78, 5) is 23.6. The van der Waals surface area contributed by atoms with Gasteiger partial charge in [-0.2, -0.15) is 0 Å². The van der Waals surface area contributed by atoms with Gasteiger partial charge < -0.3 is 4.74 Å². The summed E-state index contributed by atoms with van der Waals surface area (Å²) in [5, 5.41) is 0. The molecule has 0 atom stereocenters. The predicted octanol–water partition coefficient (Wildman–Crippen LogP) is 3.41. The first kappa shape index (κ1) is 15.2. The van der Waals surface area contributed by atoms with Crippen LogP contribution < -0.4 is 15.6 Å². The molecule has 2 rings (SSSR count). The van der Waals surface area contributed by atoms with Crippen molar-refractivity contribution in [3.63, 3.8) is 0 Å². The van der Waals surface area contributed by atoms with Crippen molar-refractivity contribution < 1.29 is 4.74 Å². The highest BCUT2D eigenvalue weighted by atomic mass is 16.5. The van der Waals surface area contributed by atoms with Crippen LogP contribution in [0.2, 0.25) is 0 Å². The fourth-order valence-corrected chi connectivity index (χ4v) is 2.30. The van der Waals surface area contributed by atoms with Gasteiger partial charge >= 0.3 is 0 Å². The summed E-state index contributed by atoms with van der Waals surface area (Å²) in [6.07, 6.45) is 3.49. The van der Waals surface area contributed by atoms with Crippen LogP contribution in [0.15, 0.2) is 39.9 Å². The summed E-state index contributed by atoms with van der Waals surface area (Å²) in [5.41, 5.74) is 1.42. The SMILES string of the molecule is CCC/C(=C\c1ccccc1)c1c(OC(C)C)c(=O)c1=O. The lowest BCUT2D eigenvalue weighted by molar-refractivity contribution is 0.236. The van der Waals surface area contributed by atoms with E-state index < -0.39 is 10.9 Å². The normalized spacial score (nSPS) is 12.1. The minimum absolute atomic E-state index is 0.119. The van der Waals surface area contributed by atoms with Crippen molar-refractivity contribution in [2.24, 2.45) is 0 Å². The largest absolute Gasteiger partial charge is 0.486 e. The molecule has 2 aromatic rings. The van der Waals surface area contributed by atoms with Crippen molar-refractivity contribution in [1.29, 1.82) is 0 Å². The van der Waals surface area contributed by atoms with Gasteiger partial charge in [0.25, 0.3) is 5.43 Å². The van der Waals surface area contributed by atoms with Crippen LogP contribution in [0.5, 0.6) is 5.75 Å². The molecule has 0 N–H and O–H groups in total. The molecule has 0 saturated heterocycles. The molecule has 0 saturated carbocycles. The summed E-state index contributed by atoms with van der Waals surface area (Å²) >= 11 is 0. The molecule has 110 valence electrons. The smallest absolute Gasteiger partial charge is 0.268 e. The Hall–Kier alpha value is -2.16. The highest BCUT2D eigenvalue weighted by molar-refractivity contribution is 5.85. The number of rotatable bonds is 6. The van der Waals surface area contributed by atoms with Gasteiger partial charge in [-0.15, -0.1) is 0 Å². The molecular formula is C18H20O3. The Morgan fingerprint density at radius 3 is 2.38 bits per heavy atom. The van der Waals surface area contributed by atoms with E-state index >= 15 is 0 Å². The van der Waals surface area contributed by atoms with Crippen LogP contribution in [0.1, 0.15) is 44.7 Å². The fraction of sp³-hybridized carbons (Fsp3) is 0.333. The molecule has 0 aromatic heterocycles. The van der Waals surface area contributed by atoms with Crippen molar-refractivity contribution in [2.45, 2.75) is 39.7 Å². The van der Waals surface area contributed by atoms with Gasteiger partial charge in [0.15, 0.2) is 5.75 Å². The molecule has 21 heavy (non-hydrogen) atoms. The first-order valence-electron chi connectivity index (χ1n) is 7.30. The van der Waals surface area contributed by atoms with Gasteiger partial charge in [-0.25, -0.2) is 0 Å². The summed E-state index contributed by atoms with van der Waals surface area (Å²) in [7, 11) is 0. The lowest BCUT2D eigenvalue weighted by Crippen LogP contribution is -2.37. The Morgan fingerprint density at radius 2 is 1.81 bits per heavy atom. The maximum Gasteiger partial charge on any atom is 0.268 e. The number of benzene rings is 1. The molecule has 3 nitrogen and oxygen atoms in total. The first-order chi connectivity index (χ1) is 10.0. The van der Waals surface area contributed by atoms with Gasteiger partial charge in [-0.3, -0.25) is 9.59 Å². The third-order valence-corrected chi connectivity index (χ3v) is 3.20. The highest BCUT2D eigenvalue weighted by Gasteiger charge is 2.25. The van der Waals surface area contributed by atoms with E-state index in [1.807, 2.05) is 57.2 Å². The Kier molecular flexibility index (Phi) is 4.73. The standard InChI is InChI=1S/C18H20O3/c1-4-8-14(11-13-9-6-5-7-10-13)15-16(19)17(20)18(15)21-12(2)3/h5-7,9-12H,4,8H2,1-3H3/b14-11+. The third kappa shape index (κ3) is 3.30. The summed E-state index contributed by atoms with van der Waals surface area (Å²) in [5.74, 6) is 0.227. The molecular weight excluding hydrogens is 264 g/mol. The van der Waals surface area contributed by atoms with Crippen molar-refractivity contribution in [3.05, 3.63) is 61.9 Å². The summed E-state index contributed by atoms with van der Waals surface area (Å²) < 4.78 is 5.51. The second-order valence-corrected chi connectivity index (χ2v) is 5.36. The quantitative estimate of drug-likeness (QED) is 0.763. The Labute approximate surface area is 124 Å². The Morgan fingerprint density at radius 1 is 1.14 bits per heavy atom. The number of ether oxygens (including phenoxy) is 1. The van der Waals surface area contributed by atoms with Crippen molar-refractivity contribution in [1.82, 2.24) is 0 Å². The average molecular weight is 284 g/mol. The molecule has 0 fully saturated rings. The minimum atomic E-state index is -0.506.